The van der Waals surface area contributed by atoms with Gasteiger partial charge in [0, 0.05) is 5.92 Å². The quantitative estimate of drug-likeness (QED) is 0.310. The lowest BCUT2D eigenvalue weighted by molar-refractivity contribution is -0.168. The minimum Gasteiger partial charge on any atom is -0.468 e. The van der Waals surface area contributed by atoms with Gasteiger partial charge in [-0.1, -0.05) is 62.8 Å². The SMILES string of the molecule is COC(=O)C1(C(=O)OC)CC2=C([Si](C)(C)C)CCC=C(C(C)(C)C)C2C1. The molecular weight excluding hydrogens is 344 g/mol. The fourth-order valence-electron chi connectivity index (χ4n) is 4.75. The first-order valence-electron chi connectivity index (χ1n) is 9.48. The number of methoxy groups -OCH3 is 2. The van der Waals surface area contributed by atoms with E-state index in [9.17, 15) is 9.59 Å². The Morgan fingerprint density at radius 2 is 1.65 bits per heavy atom. The van der Waals surface area contributed by atoms with Crippen molar-refractivity contribution in [1.82, 2.24) is 0 Å². The van der Waals surface area contributed by atoms with Crippen LogP contribution in [0.5, 0.6) is 0 Å². The lowest BCUT2D eigenvalue weighted by Gasteiger charge is -2.31. The third-order valence-corrected chi connectivity index (χ3v) is 8.29. The molecule has 1 saturated carbocycles. The van der Waals surface area contributed by atoms with Gasteiger partial charge in [0.25, 0.3) is 0 Å². The van der Waals surface area contributed by atoms with Crippen molar-refractivity contribution in [2.45, 2.75) is 66.1 Å². The monoisotopic (exact) mass is 378 g/mol. The Labute approximate surface area is 159 Å². The molecule has 0 radical (unpaired) electrons. The first-order valence-corrected chi connectivity index (χ1v) is 13.0. The van der Waals surface area contributed by atoms with Gasteiger partial charge in [-0.15, -0.1) is 0 Å². The molecule has 0 aromatic carbocycles. The van der Waals surface area contributed by atoms with E-state index in [1.54, 1.807) is 0 Å². The largest absolute Gasteiger partial charge is 0.468 e. The summed E-state index contributed by atoms with van der Waals surface area (Å²) in [4.78, 5) is 25.4. The van der Waals surface area contributed by atoms with Crippen LogP contribution < -0.4 is 0 Å². The van der Waals surface area contributed by atoms with Crippen molar-refractivity contribution < 1.29 is 19.1 Å². The summed E-state index contributed by atoms with van der Waals surface area (Å²) in [5, 5.41) is 1.51. The summed E-state index contributed by atoms with van der Waals surface area (Å²) >= 11 is 0. The second-order valence-electron chi connectivity index (χ2n) is 9.70. The van der Waals surface area contributed by atoms with Crippen LogP contribution in [0.25, 0.3) is 0 Å². The second kappa shape index (κ2) is 6.99. The van der Waals surface area contributed by atoms with E-state index in [1.165, 1.54) is 30.6 Å². The van der Waals surface area contributed by atoms with E-state index in [-0.39, 0.29) is 11.3 Å². The van der Waals surface area contributed by atoms with Gasteiger partial charge in [-0.25, -0.2) is 0 Å². The first kappa shape index (κ1) is 20.9. The Kier molecular flexibility index (Phi) is 5.63. The van der Waals surface area contributed by atoms with Crippen LogP contribution >= 0.6 is 0 Å². The zero-order chi connectivity index (χ0) is 19.9. The Balaban J connectivity index is 2.69. The van der Waals surface area contributed by atoms with Gasteiger partial charge in [0.15, 0.2) is 5.41 Å². The molecule has 26 heavy (non-hydrogen) atoms. The third kappa shape index (κ3) is 3.55. The van der Waals surface area contributed by atoms with Crippen molar-refractivity contribution in [2.75, 3.05) is 14.2 Å². The number of allylic oxidation sites excluding steroid dienone is 4. The van der Waals surface area contributed by atoms with E-state index in [4.69, 9.17) is 9.47 Å². The molecule has 2 aliphatic carbocycles. The zero-order valence-electron chi connectivity index (χ0n) is 17.6. The Bertz CT molecular complexity index is 642. The van der Waals surface area contributed by atoms with Crippen LogP contribution in [0.3, 0.4) is 0 Å². The average Bonchev–Trinajstić information content (AvgIpc) is 2.82. The van der Waals surface area contributed by atoms with Crippen LogP contribution in [-0.2, 0) is 19.1 Å². The van der Waals surface area contributed by atoms with Gasteiger partial charge in [-0.05, 0) is 31.1 Å². The molecular formula is C21H34O4Si. The normalized spacial score (nSPS) is 23.1. The van der Waals surface area contributed by atoms with Crippen LogP contribution in [0.1, 0.15) is 46.5 Å². The molecule has 1 fully saturated rings. The fraction of sp³-hybridized carbons (Fsp3) is 0.714. The molecule has 0 amide bonds. The molecule has 2 aliphatic rings. The predicted molar refractivity (Wildman–Crippen MR) is 106 cm³/mol. The van der Waals surface area contributed by atoms with Crippen molar-refractivity contribution in [1.29, 1.82) is 0 Å². The first-order chi connectivity index (χ1) is 11.9. The third-order valence-electron chi connectivity index (χ3n) is 5.91. The lowest BCUT2D eigenvalue weighted by Crippen LogP contribution is -2.39. The number of carbonyl (C=O) groups is 2. The van der Waals surface area contributed by atoms with Gasteiger partial charge in [0.1, 0.15) is 0 Å². The summed E-state index contributed by atoms with van der Waals surface area (Å²) < 4.78 is 10.1. The summed E-state index contributed by atoms with van der Waals surface area (Å²) in [6, 6.07) is 0. The Hall–Kier alpha value is -1.36. The molecule has 0 heterocycles. The molecule has 5 heteroatoms. The summed E-state index contributed by atoms with van der Waals surface area (Å²) in [7, 11) is 1.14. The van der Waals surface area contributed by atoms with Gasteiger partial charge in [0.2, 0.25) is 0 Å². The van der Waals surface area contributed by atoms with Gasteiger partial charge in [-0.3, -0.25) is 9.59 Å². The van der Waals surface area contributed by atoms with E-state index in [1.807, 2.05) is 0 Å². The van der Waals surface area contributed by atoms with Crippen LogP contribution in [0.4, 0.5) is 0 Å². The second-order valence-corrected chi connectivity index (χ2v) is 14.8. The molecule has 0 aromatic heterocycles. The van der Waals surface area contributed by atoms with Gasteiger partial charge in [-0.2, -0.15) is 0 Å². The Morgan fingerprint density at radius 1 is 1.12 bits per heavy atom. The van der Waals surface area contributed by atoms with Crippen molar-refractivity contribution in [2.24, 2.45) is 16.7 Å². The number of ether oxygens (including phenoxy) is 2. The molecule has 0 aliphatic heterocycles. The van der Waals surface area contributed by atoms with E-state index < -0.39 is 25.4 Å². The number of fused-ring (bicyclic) bond motifs is 1. The maximum Gasteiger partial charge on any atom is 0.323 e. The molecule has 0 bridgehead atoms. The predicted octanol–water partition coefficient (Wildman–Crippen LogP) is 4.67. The van der Waals surface area contributed by atoms with Crippen molar-refractivity contribution >= 4 is 20.0 Å². The zero-order valence-corrected chi connectivity index (χ0v) is 18.6. The summed E-state index contributed by atoms with van der Waals surface area (Å²) in [6.07, 6.45) is 5.31. The number of carbonyl (C=O) groups excluding carboxylic acids is 2. The summed E-state index contributed by atoms with van der Waals surface area (Å²) in [6.45, 7) is 13.7. The smallest absolute Gasteiger partial charge is 0.323 e. The standard InChI is InChI=1S/C21H34O4Si/c1-20(2,3)16-10-9-11-17(26(6,7)8)15-13-21(12-14(15)16,18(22)24-4)19(23)25-5/h10,14H,9,11-13H2,1-8H3. The van der Waals surface area contributed by atoms with Crippen molar-refractivity contribution in [3.8, 4) is 0 Å². The van der Waals surface area contributed by atoms with Crippen LogP contribution in [0, 0.1) is 16.7 Å². The minimum atomic E-state index is -1.57. The molecule has 1 atom stereocenters. The maximum atomic E-state index is 12.7. The maximum absolute atomic E-state index is 12.7. The number of hydrogen-bond donors (Lipinski definition) is 0. The number of esters is 2. The van der Waals surface area contributed by atoms with E-state index in [0.29, 0.717) is 12.8 Å². The van der Waals surface area contributed by atoms with Crippen LogP contribution in [0.2, 0.25) is 19.6 Å². The minimum absolute atomic E-state index is 0.00682. The topological polar surface area (TPSA) is 52.6 Å². The van der Waals surface area contributed by atoms with E-state index in [2.05, 4.69) is 46.5 Å². The lowest BCUT2D eigenvalue weighted by atomic mass is 9.75. The molecule has 4 nitrogen and oxygen atoms in total. The van der Waals surface area contributed by atoms with Crippen LogP contribution in [0.15, 0.2) is 22.4 Å². The van der Waals surface area contributed by atoms with E-state index in [0.717, 1.165) is 12.8 Å². The number of hydrogen-bond acceptors (Lipinski definition) is 4. The van der Waals surface area contributed by atoms with E-state index >= 15 is 0 Å². The highest BCUT2D eigenvalue weighted by molar-refractivity contribution is 6.83. The molecule has 0 saturated heterocycles. The highest BCUT2D eigenvalue weighted by Crippen LogP contribution is 2.56. The number of rotatable bonds is 3. The highest BCUT2D eigenvalue weighted by atomic mass is 28.3. The average molecular weight is 379 g/mol. The fourth-order valence-corrected chi connectivity index (χ4v) is 6.87. The molecule has 146 valence electrons. The summed E-state index contributed by atoms with van der Waals surface area (Å²) in [5.74, 6) is -0.807. The molecule has 0 aromatic rings. The summed E-state index contributed by atoms with van der Waals surface area (Å²) in [5.41, 5.74) is 1.43. The molecule has 0 spiro atoms. The van der Waals surface area contributed by atoms with Gasteiger partial charge >= 0.3 is 11.9 Å². The van der Waals surface area contributed by atoms with Gasteiger partial charge in [0.05, 0.1) is 22.3 Å². The highest BCUT2D eigenvalue weighted by Gasteiger charge is 2.57. The molecule has 1 unspecified atom stereocenters. The van der Waals surface area contributed by atoms with Crippen LogP contribution in [-0.4, -0.2) is 34.2 Å². The van der Waals surface area contributed by atoms with Gasteiger partial charge < -0.3 is 9.47 Å². The molecule has 0 N–H and O–H groups in total. The molecule has 2 rings (SSSR count). The van der Waals surface area contributed by atoms with Crippen molar-refractivity contribution in [3.05, 3.63) is 22.4 Å². The Morgan fingerprint density at radius 3 is 2.08 bits per heavy atom. The van der Waals surface area contributed by atoms with Crippen molar-refractivity contribution in [3.63, 3.8) is 0 Å².